The first kappa shape index (κ1) is 15.1. The molecule has 2 atom stereocenters. The van der Waals surface area contributed by atoms with Gasteiger partial charge in [0, 0.05) is 26.6 Å². The van der Waals surface area contributed by atoms with E-state index in [1.165, 1.54) is 6.42 Å². The van der Waals surface area contributed by atoms with Crippen molar-refractivity contribution in [3.8, 4) is 0 Å². The molecular formula is C18H24N2O2. The molecule has 0 aromatic heterocycles. The van der Waals surface area contributed by atoms with Gasteiger partial charge in [0.15, 0.2) is 0 Å². The number of hydrogen-bond donors (Lipinski definition) is 0. The van der Waals surface area contributed by atoms with Crippen molar-refractivity contribution in [2.24, 2.45) is 5.92 Å². The Morgan fingerprint density at radius 2 is 1.77 bits per heavy atom. The molecule has 118 valence electrons. The highest BCUT2D eigenvalue weighted by Crippen LogP contribution is 2.37. The van der Waals surface area contributed by atoms with Crippen LogP contribution in [0.3, 0.4) is 0 Å². The molecule has 1 aromatic carbocycles. The molecule has 4 heteroatoms. The van der Waals surface area contributed by atoms with Crippen molar-refractivity contribution in [1.82, 2.24) is 9.80 Å². The lowest BCUT2D eigenvalue weighted by Gasteiger charge is -2.41. The van der Waals surface area contributed by atoms with Crippen LogP contribution in [0.1, 0.15) is 43.7 Å². The van der Waals surface area contributed by atoms with Gasteiger partial charge in [0.2, 0.25) is 11.8 Å². The fourth-order valence-corrected chi connectivity index (χ4v) is 3.75. The first-order chi connectivity index (χ1) is 10.7. The molecular weight excluding hydrogens is 276 g/mol. The van der Waals surface area contributed by atoms with Crippen molar-refractivity contribution in [2.75, 3.05) is 20.1 Å². The third-order valence-electron chi connectivity index (χ3n) is 4.99. The molecule has 22 heavy (non-hydrogen) atoms. The summed E-state index contributed by atoms with van der Waals surface area (Å²) in [5.74, 6) is 0.257. The highest BCUT2D eigenvalue weighted by atomic mass is 16.2. The normalized spacial score (nSPS) is 26.1. The van der Waals surface area contributed by atoms with Gasteiger partial charge in [-0.3, -0.25) is 9.59 Å². The van der Waals surface area contributed by atoms with Gasteiger partial charge in [-0.05, 0) is 31.2 Å². The predicted molar refractivity (Wildman–Crippen MR) is 85.1 cm³/mol. The summed E-state index contributed by atoms with van der Waals surface area (Å²) in [6, 6.07) is 9.84. The van der Waals surface area contributed by atoms with E-state index in [0.717, 1.165) is 31.5 Å². The zero-order valence-corrected chi connectivity index (χ0v) is 13.2. The van der Waals surface area contributed by atoms with Crippen LogP contribution in [0.4, 0.5) is 0 Å². The summed E-state index contributed by atoms with van der Waals surface area (Å²) in [6.45, 7) is 1.74. The van der Waals surface area contributed by atoms with E-state index in [9.17, 15) is 9.59 Å². The number of rotatable bonds is 2. The van der Waals surface area contributed by atoms with E-state index in [-0.39, 0.29) is 23.8 Å². The SMILES string of the molecule is CN1C(=O)CC[C@@H](C(=O)N2CCCCC2)[C@H]1c1ccccc1. The van der Waals surface area contributed by atoms with Gasteiger partial charge in [-0.15, -0.1) is 0 Å². The monoisotopic (exact) mass is 300 g/mol. The zero-order valence-electron chi connectivity index (χ0n) is 13.2. The molecule has 2 heterocycles. The summed E-state index contributed by atoms with van der Waals surface area (Å²) in [5, 5.41) is 0. The Balaban J connectivity index is 1.86. The topological polar surface area (TPSA) is 40.6 Å². The molecule has 1 aromatic rings. The van der Waals surface area contributed by atoms with Crippen molar-refractivity contribution < 1.29 is 9.59 Å². The van der Waals surface area contributed by atoms with Crippen molar-refractivity contribution in [1.29, 1.82) is 0 Å². The van der Waals surface area contributed by atoms with Crippen LogP contribution in [0, 0.1) is 5.92 Å². The Hall–Kier alpha value is -1.84. The molecule has 0 aliphatic carbocycles. The number of nitrogens with zero attached hydrogens (tertiary/aromatic N) is 2. The second-order valence-electron chi connectivity index (χ2n) is 6.39. The van der Waals surface area contributed by atoms with Crippen LogP contribution in [0.5, 0.6) is 0 Å². The molecule has 0 bridgehead atoms. The summed E-state index contributed by atoms with van der Waals surface area (Å²) in [7, 11) is 1.83. The van der Waals surface area contributed by atoms with Crippen LogP contribution >= 0.6 is 0 Å². The Labute approximate surface area is 132 Å². The van der Waals surface area contributed by atoms with E-state index in [0.29, 0.717) is 12.8 Å². The number of carbonyl (C=O) groups excluding carboxylic acids is 2. The van der Waals surface area contributed by atoms with Crippen LogP contribution in [-0.4, -0.2) is 41.8 Å². The summed E-state index contributed by atoms with van der Waals surface area (Å²) >= 11 is 0. The van der Waals surface area contributed by atoms with Crippen LogP contribution in [0.25, 0.3) is 0 Å². The molecule has 2 aliphatic heterocycles. The second kappa shape index (κ2) is 6.51. The third kappa shape index (κ3) is 2.87. The number of piperidine rings is 2. The first-order valence-electron chi connectivity index (χ1n) is 8.28. The van der Waals surface area contributed by atoms with Crippen LogP contribution < -0.4 is 0 Å². The highest BCUT2D eigenvalue weighted by molar-refractivity contribution is 5.85. The van der Waals surface area contributed by atoms with Crippen molar-refractivity contribution in [2.45, 2.75) is 38.1 Å². The number of benzene rings is 1. The maximum Gasteiger partial charge on any atom is 0.228 e. The Morgan fingerprint density at radius 1 is 1.09 bits per heavy atom. The van der Waals surface area contributed by atoms with E-state index in [1.54, 1.807) is 4.90 Å². The molecule has 0 radical (unpaired) electrons. The van der Waals surface area contributed by atoms with Gasteiger partial charge in [-0.2, -0.15) is 0 Å². The molecule has 4 nitrogen and oxygen atoms in total. The Morgan fingerprint density at radius 3 is 2.45 bits per heavy atom. The average Bonchev–Trinajstić information content (AvgIpc) is 2.58. The highest BCUT2D eigenvalue weighted by Gasteiger charge is 2.40. The van der Waals surface area contributed by atoms with Gasteiger partial charge < -0.3 is 9.80 Å². The Kier molecular flexibility index (Phi) is 4.46. The molecule has 0 spiro atoms. The van der Waals surface area contributed by atoms with E-state index in [2.05, 4.69) is 0 Å². The summed E-state index contributed by atoms with van der Waals surface area (Å²) in [5.41, 5.74) is 1.06. The van der Waals surface area contributed by atoms with Crippen molar-refractivity contribution in [3.63, 3.8) is 0 Å². The molecule has 2 amide bonds. The molecule has 2 aliphatic rings. The zero-order chi connectivity index (χ0) is 15.5. The number of amides is 2. The van der Waals surface area contributed by atoms with Crippen LogP contribution in [0.2, 0.25) is 0 Å². The minimum atomic E-state index is -0.128. The molecule has 0 N–H and O–H groups in total. The van der Waals surface area contributed by atoms with E-state index in [4.69, 9.17) is 0 Å². The van der Waals surface area contributed by atoms with Gasteiger partial charge in [-0.25, -0.2) is 0 Å². The van der Waals surface area contributed by atoms with Crippen molar-refractivity contribution in [3.05, 3.63) is 35.9 Å². The lowest BCUT2D eigenvalue weighted by Crippen LogP contribution is -2.48. The minimum absolute atomic E-state index is 0.108. The summed E-state index contributed by atoms with van der Waals surface area (Å²) in [4.78, 5) is 28.9. The van der Waals surface area contributed by atoms with E-state index in [1.807, 2.05) is 42.3 Å². The van der Waals surface area contributed by atoms with Crippen LogP contribution in [-0.2, 0) is 9.59 Å². The van der Waals surface area contributed by atoms with Gasteiger partial charge in [-0.1, -0.05) is 30.3 Å². The largest absolute Gasteiger partial charge is 0.342 e. The first-order valence-corrected chi connectivity index (χ1v) is 8.28. The number of hydrogen-bond acceptors (Lipinski definition) is 2. The van der Waals surface area contributed by atoms with Gasteiger partial charge >= 0.3 is 0 Å². The van der Waals surface area contributed by atoms with Crippen molar-refractivity contribution >= 4 is 11.8 Å². The fourth-order valence-electron chi connectivity index (χ4n) is 3.75. The quantitative estimate of drug-likeness (QED) is 0.842. The van der Waals surface area contributed by atoms with Crippen LogP contribution in [0.15, 0.2) is 30.3 Å². The molecule has 0 unspecified atom stereocenters. The summed E-state index contributed by atoms with van der Waals surface area (Å²) in [6.07, 6.45) is 4.56. The average molecular weight is 300 g/mol. The number of likely N-dealkylation sites (tertiary alicyclic amines) is 2. The minimum Gasteiger partial charge on any atom is -0.342 e. The second-order valence-corrected chi connectivity index (χ2v) is 6.39. The Bertz CT molecular complexity index is 537. The van der Waals surface area contributed by atoms with Gasteiger partial charge in [0.1, 0.15) is 0 Å². The standard InChI is InChI=1S/C18H24N2O2/c1-19-16(21)11-10-15(17(19)14-8-4-2-5-9-14)18(22)20-12-6-3-7-13-20/h2,4-5,8-9,15,17H,3,6-7,10-13H2,1H3/t15-,17-/m1/s1. The lowest BCUT2D eigenvalue weighted by molar-refractivity contribution is -0.147. The van der Waals surface area contributed by atoms with E-state index < -0.39 is 0 Å². The van der Waals surface area contributed by atoms with Gasteiger partial charge in [0.25, 0.3) is 0 Å². The smallest absolute Gasteiger partial charge is 0.228 e. The third-order valence-corrected chi connectivity index (χ3v) is 4.99. The maximum absolute atomic E-state index is 13.0. The van der Waals surface area contributed by atoms with E-state index >= 15 is 0 Å². The lowest BCUT2D eigenvalue weighted by atomic mass is 9.83. The summed E-state index contributed by atoms with van der Waals surface area (Å²) < 4.78 is 0. The number of carbonyl (C=O) groups is 2. The molecule has 3 rings (SSSR count). The maximum atomic E-state index is 13.0. The molecule has 2 saturated heterocycles. The predicted octanol–water partition coefficient (Wildman–Crippen LogP) is 2.61. The fraction of sp³-hybridized carbons (Fsp3) is 0.556. The van der Waals surface area contributed by atoms with Gasteiger partial charge in [0.05, 0.1) is 12.0 Å². The molecule has 2 fully saturated rings. The molecule has 0 saturated carbocycles.